The number of aliphatic hydroxyl groups excluding tert-OH is 4. The maximum atomic E-state index is 12.8. The van der Waals surface area contributed by atoms with Crippen LogP contribution < -0.4 is 0 Å². The van der Waals surface area contributed by atoms with Crippen LogP contribution in [0, 0.1) is 0 Å². The molecule has 0 aliphatic carbocycles. The van der Waals surface area contributed by atoms with Gasteiger partial charge in [0.2, 0.25) is 0 Å². The Balaban J connectivity index is 2.23. The molecule has 1 fully saturated rings. The Morgan fingerprint density at radius 2 is 0.855 bits per heavy atom. The zero-order chi connectivity index (χ0) is 45.1. The molecule has 0 spiro atoms. The van der Waals surface area contributed by atoms with Gasteiger partial charge in [0.05, 0.1) is 13.2 Å². The van der Waals surface area contributed by atoms with Crippen LogP contribution in [0.4, 0.5) is 0 Å². The second-order valence-electron chi connectivity index (χ2n) is 18.0. The van der Waals surface area contributed by atoms with Crippen LogP contribution in [0.15, 0.2) is 24.3 Å². The average molecular weight is 881 g/mol. The lowest BCUT2D eigenvalue weighted by atomic mass is 9.99. The number of allylic oxidation sites excluding steroid dienone is 4. The molecule has 0 aromatic carbocycles. The van der Waals surface area contributed by atoms with Gasteiger partial charge in [-0.3, -0.25) is 9.59 Å². The lowest BCUT2D eigenvalue weighted by Crippen LogP contribution is -2.59. The first-order chi connectivity index (χ1) is 30.3. The lowest BCUT2D eigenvalue weighted by Gasteiger charge is -2.39. The fourth-order valence-electron chi connectivity index (χ4n) is 7.94. The number of unbranched alkanes of at least 4 members (excludes halogenated alkanes) is 29. The van der Waals surface area contributed by atoms with E-state index >= 15 is 0 Å². The molecule has 1 heterocycles. The first-order valence-electron chi connectivity index (χ1n) is 25.9. The van der Waals surface area contributed by atoms with Crippen LogP contribution in [0.1, 0.15) is 239 Å². The van der Waals surface area contributed by atoms with Gasteiger partial charge in [-0.15, -0.1) is 0 Å². The SMILES string of the molecule is CCCCCCC/C=C\CCCCCCCC(=O)OCC(COC1OC(CO)C(O)C(O)C1O)OC(=O)CCCCCCCCCCCCC/C=C\CCCCCCCCCC. The van der Waals surface area contributed by atoms with Crippen LogP contribution in [-0.2, 0) is 28.5 Å². The Morgan fingerprint density at radius 3 is 1.26 bits per heavy atom. The Kier molecular flexibility index (Phi) is 40.4. The lowest BCUT2D eigenvalue weighted by molar-refractivity contribution is -0.305. The summed E-state index contributed by atoms with van der Waals surface area (Å²) in [6.45, 7) is 3.43. The van der Waals surface area contributed by atoms with Crippen LogP contribution in [0.5, 0.6) is 0 Å². The highest BCUT2D eigenvalue weighted by Crippen LogP contribution is 2.23. The van der Waals surface area contributed by atoms with Crippen LogP contribution >= 0.6 is 0 Å². The summed E-state index contributed by atoms with van der Waals surface area (Å²) in [5, 5.41) is 40.2. The Bertz CT molecular complexity index is 1060. The Hall–Kier alpha value is -1.82. The topological polar surface area (TPSA) is 152 Å². The van der Waals surface area contributed by atoms with E-state index in [0.717, 1.165) is 57.8 Å². The van der Waals surface area contributed by atoms with Gasteiger partial charge in [0.25, 0.3) is 0 Å². The summed E-state index contributed by atoms with van der Waals surface area (Å²) in [7, 11) is 0. The molecule has 1 aliphatic heterocycles. The average Bonchev–Trinajstić information content (AvgIpc) is 3.27. The van der Waals surface area contributed by atoms with Gasteiger partial charge in [-0.1, -0.05) is 186 Å². The minimum Gasteiger partial charge on any atom is -0.462 e. The fourth-order valence-corrected chi connectivity index (χ4v) is 7.94. The zero-order valence-corrected chi connectivity index (χ0v) is 39.9. The number of hydrogen-bond donors (Lipinski definition) is 4. The molecule has 0 amide bonds. The number of ether oxygens (including phenoxy) is 4. The molecule has 1 aliphatic rings. The highest BCUT2D eigenvalue weighted by molar-refractivity contribution is 5.70. The van der Waals surface area contributed by atoms with Crippen molar-refractivity contribution in [3.63, 3.8) is 0 Å². The van der Waals surface area contributed by atoms with Gasteiger partial charge < -0.3 is 39.4 Å². The van der Waals surface area contributed by atoms with Gasteiger partial charge >= 0.3 is 11.9 Å². The molecular formula is C52H96O10. The summed E-state index contributed by atoms with van der Waals surface area (Å²) in [5.41, 5.74) is 0. The number of hydrogen-bond acceptors (Lipinski definition) is 10. The van der Waals surface area contributed by atoms with Crippen LogP contribution in [0.2, 0.25) is 0 Å². The van der Waals surface area contributed by atoms with Crippen molar-refractivity contribution in [3.8, 4) is 0 Å². The van der Waals surface area contributed by atoms with Gasteiger partial charge in [0, 0.05) is 12.8 Å². The third-order valence-electron chi connectivity index (χ3n) is 12.1. The maximum Gasteiger partial charge on any atom is 0.306 e. The fraction of sp³-hybridized carbons (Fsp3) is 0.885. The highest BCUT2D eigenvalue weighted by Gasteiger charge is 2.44. The quantitative estimate of drug-likeness (QED) is 0.0264. The maximum absolute atomic E-state index is 12.8. The van der Waals surface area contributed by atoms with E-state index in [-0.39, 0.29) is 32.0 Å². The van der Waals surface area contributed by atoms with E-state index < -0.39 is 49.4 Å². The highest BCUT2D eigenvalue weighted by atomic mass is 16.7. The Morgan fingerprint density at radius 1 is 0.484 bits per heavy atom. The number of aliphatic hydroxyl groups is 4. The summed E-state index contributed by atoms with van der Waals surface area (Å²) < 4.78 is 22.2. The molecular weight excluding hydrogens is 785 g/mol. The van der Waals surface area contributed by atoms with Gasteiger partial charge in [0.1, 0.15) is 31.0 Å². The van der Waals surface area contributed by atoms with Crippen molar-refractivity contribution in [2.75, 3.05) is 19.8 Å². The predicted molar refractivity (Wildman–Crippen MR) is 252 cm³/mol. The van der Waals surface area contributed by atoms with E-state index in [1.54, 1.807) is 0 Å². The number of esters is 2. The summed E-state index contributed by atoms with van der Waals surface area (Å²) in [4.78, 5) is 25.4. The smallest absolute Gasteiger partial charge is 0.306 e. The van der Waals surface area contributed by atoms with Crippen LogP contribution in [0.3, 0.4) is 0 Å². The molecule has 0 aromatic rings. The second-order valence-corrected chi connectivity index (χ2v) is 18.0. The molecule has 6 unspecified atom stereocenters. The summed E-state index contributed by atoms with van der Waals surface area (Å²) >= 11 is 0. The van der Waals surface area contributed by atoms with Crippen LogP contribution in [0.25, 0.3) is 0 Å². The van der Waals surface area contributed by atoms with Gasteiger partial charge in [0.15, 0.2) is 12.4 Å². The van der Waals surface area contributed by atoms with Gasteiger partial charge in [-0.05, 0) is 64.2 Å². The monoisotopic (exact) mass is 881 g/mol. The zero-order valence-electron chi connectivity index (χ0n) is 39.9. The molecule has 0 aromatic heterocycles. The predicted octanol–water partition coefficient (Wildman–Crippen LogP) is 12.1. The molecule has 10 heteroatoms. The minimum absolute atomic E-state index is 0.219. The van der Waals surface area contributed by atoms with Crippen molar-refractivity contribution < 1.29 is 49.0 Å². The van der Waals surface area contributed by atoms with Crippen molar-refractivity contribution >= 4 is 11.9 Å². The van der Waals surface area contributed by atoms with E-state index in [1.807, 2.05) is 0 Å². The van der Waals surface area contributed by atoms with Crippen molar-refractivity contribution in [1.82, 2.24) is 0 Å². The van der Waals surface area contributed by atoms with Crippen molar-refractivity contribution in [2.45, 2.75) is 275 Å². The van der Waals surface area contributed by atoms with E-state index in [4.69, 9.17) is 18.9 Å². The first-order valence-corrected chi connectivity index (χ1v) is 25.9. The number of carbonyl (C=O) groups is 2. The van der Waals surface area contributed by atoms with Crippen molar-refractivity contribution in [1.29, 1.82) is 0 Å². The third kappa shape index (κ3) is 33.7. The number of rotatable bonds is 44. The molecule has 364 valence electrons. The summed E-state index contributed by atoms with van der Waals surface area (Å²) in [6.07, 6.45) is 41.9. The second kappa shape index (κ2) is 43.1. The Labute approximate surface area is 379 Å². The summed E-state index contributed by atoms with van der Waals surface area (Å²) in [6, 6.07) is 0. The normalized spacial score (nSPS) is 19.7. The molecule has 6 atom stereocenters. The minimum atomic E-state index is -1.59. The van der Waals surface area contributed by atoms with Crippen molar-refractivity contribution in [2.24, 2.45) is 0 Å². The van der Waals surface area contributed by atoms with Gasteiger partial charge in [-0.25, -0.2) is 0 Å². The molecule has 0 radical (unpaired) electrons. The molecule has 62 heavy (non-hydrogen) atoms. The third-order valence-corrected chi connectivity index (χ3v) is 12.1. The molecule has 10 nitrogen and oxygen atoms in total. The molecule has 1 saturated heterocycles. The summed E-state index contributed by atoms with van der Waals surface area (Å²) in [5.74, 6) is -0.808. The van der Waals surface area contributed by atoms with E-state index in [1.165, 1.54) is 148 Å². The van der Waals surface area contributed by atoms with E-state index in [0.29, 0.717) is 6.42 Å². The molecule has 0 saturated carbocycles. The molecule has 1 rings (SSSR count). The van der Waals surface area contributed by atoms with Crippen LogP contribution in [-0.4, -0.2) is 89.0 Å². The number of carbonyl (C=O) groups excluding carboxylic acids is 2. The standard InChI is InChI=1S/C52H96O10/c1-3-5-7-9-11-13-15-17-19-20-21-22-23-24-25-26-27-29-31-33-35-37-39-41-48(55)61-45(44-60-52-51(58)50(57)49(56)46(42-53)62-52)43-59-47(54)40-38-36-34-32-30-28-18-16-14-12-10-8-6-4-2/h16,18,20-21,45-46,49-53,56-58H,3-15,17,19,22-44H2,1-2H3/b18-16-,21-20-. The largest absolute Gasteiger partial charge is 0.462 e. The first kappa shape index (κ1) is 58.2. The van der Waals surface area contributed by atoms with Gasteiger partial charge in [-0.2, -0.15) is 0 Å². The molecule has 4 N–H and O–H groups in total. The van der Waals surface area contributed by atoms with E-state index in [2.05, 4.69) is 38.2 Å². The molecule has 0 bridgehead atoms. The van der Waals surface area contributed by atoms with Crippen molar-refractivity contribution in [3.05, 3.63) is 24.3 Å². The van der Waals surface area contributed by atoms with E-state index in [9.17, 15) is 30.0 Å².